The highest BCUT2D eigenvalue weighted by molar-refractivity contribution is 4.65. The third-order valence-corrected chi connectivity index (χ3v) is 2.30. The molecule has 2 N–H and O–H groups in total. The molecule has 0 spiro atoms. The number of hydrogen-bond donors (Lipinski definition) is 2. The summed E-state index contributed by atoms with van der Waals surface area (Å²) in [5.41, 5.74) is 0. The molecule has 1 unspecified atom stereocenters. The highest BCUT2D eigenvalue weighted by Crippen LogP contribution is 1.94. The molecule has 0 aromatic rings. The molecule has 0 radical (unpaired) electrons. The van der Waals surface area contributed by atoms with Crippen LogP contribution in [0.1, 0.15) is 6.92 Å². The first-order chi connectivity index (χ1) is 6.33. The van der Waals surface area contributed by atoms with Gasteiger partial charge in [-0.1, -0.05) is 0 Å². The molecule has 78 valence electrons. The van der Waals surface area contributed by atoms with Crippen LogP contribution in [0.2, 0.25) is 0 Å². The monoisotopic (exact) mass is 188 g/mol. The average molecular weight is 188 g/mol. The van der Waals surface area contributed by atoms with Gasteiger partial charge in [-0.2, -0.15) is 0 Å². The molecule has 0 aromatic carbocycles. The van der Waals surface area contributed by atoms with Crippen LogP contribution in [0.4, 0.5) is 0 Å². The van der Waals surface area contributed by atoms with E-state index in [1.165, 1.54) is 0 Å². The van der Waals surface area contributed by atoms with Crippen LogP contribution < -0.4 is 5.32 Å². The molecular formula is C9H20N2O2. The van der Waals surface area contributed by atoms with Gasteiger partial charge < -0.3 is 15.2 Å². The number of hydrogen-bond acceptors (Lipinski definition) is 4. The summed E-state index contributed by atoms with van der Waals surface area (Å²) in [7, 11) is 0. The molecule has 1 aliphatic rings. The number of morpholine rings is 1. The zero-order chi connectivity index (χ0) is 9.52. The number of nitrogens with one attached hydrogen (secondary N) is 1. The molecule has 1 aliphatic heterocycles. The van der Waals surface area contributed by atoms with Gasteiger partial charge in [-0.3, -0.25) is 4.90 Å². The van der Waals surface area contributed by atoms with E-state index in [-0.39, 0.29) is 12.6 Å². The quantitative estimate of drug-likeness (QED) is 0.598. The predicted octanol–water partition coefficient (Wildman–Crippen LogP) is -0.711. The van der Waals surface area contributed by atoms with Crippen molar-refractivity contribution in [2.75, 3.05) is 46.0 Å². The smallest absolute Gasteiger partial charge is 0.0594 e. The fourth-order valence-corrected chi connectivity index (χ4v) is 1.36. The van der Waals surface area contributed by atoms with Gasteiger partial charge in [0.25, 0.3) is 0 Å². The Morgan fingerprint density at radius 2 is 2.15 bits per heavy atom. The first-order valence-corrected chi connectivity index (χ1v) is 4.97. The van der Waals surface area contributed by atoms with E-state index in [1.807, 2.05) is 6.92 Å². The standard InChI is InChI=1S/C9H20N2O2/c1-9(8-12)10-2-3-11-4-6-13-7-5-11/h9-10,12H,2-8H2,1H3. The van der Waals surface area contributed by atoms with Crippen LogP contribution in [0, 0.1) is 0 Å². The van der Waals surface area contributed by atoms with E-state index in [0.29, 0.717) is 0 Å². The molecule has 0 aromatic heterocycles. The molecule has 0 saturated carbocycles. The van der Waals surface area contributed by atoms with Crippen molar-refractivity contribution < 1.29 is 9.84 Å². The average Bonchev–Trinajstić information content (AvgIpc) is 2.19. The second-order valence-electron chi connectivity index (χ2n) is 3.49. The lowest BCUT2D eigenvalue weighted by Crippen LogP contribution is -2.42. The van der Waals surface area contributed by atoms with Crippen molar-refractivity contribution in [3.05, 3.63) is 0 Å². The lowest BCUT2D eigenvalue weighted by Gasteiger charge is -2.27. The van der Waals surface area contributed by atoms with Crippen molar-refractivity contribution in [1.82, 2.24) is 10.2 Å². The highest BCUT2D eigenvalue weighted by atomic mass is 16.5. The largest absolute Gasteiger partial charge is 0.395 e. The molecular weight excluding hydrogens is 168 g/mol. The first kappa shape index (κ1) is 10.9. The van der Waals surface area contributed by atoms with Gasteiger partial charge in [-0.15, -0.1) is 0 Å². The van der Waals surface area contributed by atoms with E-state index in [9.17, 15) is 0 Å². The Labute approximate surface area is 79.9 Å². The molecule has 4 nitrogen and oxygen atoms in total. The third kappa shape index (κ3) is 4.57. The number of aliphatic hydroxyl groups excluding tert-OH is 1. The number of rotatable bonds is 5. The van der Waals surface area contributed by atoms with E-state index >= 15 is 0 Å². The van der Waals surface area contributed by atoms with Crippen LogP contribution >= 0.6 is 0 Å². The minimum Gasteiger partial charge on any atom is -0.395 e. The van der Waals surface area contributed by atoms with Crippen molar-refractivity contribution in [3.8, 4) is 0 Å². The summed E-state index contributed by atoms with van der Waals surface area (Å²) in [6, 6.07) is 0.209. The number of nitrogens with zero attached hydrogens (tertiary/aromatic N) is 1. The fourth-order valence-electron chi connectivity index (χ4n) is 1.36. The van der Waals surface area contributed by atoms with E-state index in [0.717, 1.165) is 39.4 Å². The normalized spacial score (nSPS) is 21.7. The van der Waals surface area contributed by atoms with Crippen LogP contribution in [0.3, 0.4) is 0 Å². The Kier molecular flexibility index (Phi) is 5.31. The number of ether oxygens (including phenoxy) is 1. The predicted molar refractivity (Wildman–Crippen MR) is 51.8 cm³/mol. The van der Waals surface area contributed by atoms with Crippen LogP contribution in [-0.2, 0) is 4.74 Å². The summed E-state index contributed by atoms with van der Waals surface area (Å²) < 4.78 is 5.25. The maximum Gasteiger partial charge on any atom is 0.0594 e. The molecule has 1 atom stereocenters. The first-order valence-electron chi connectivity index (χ1n) is 4.97. The van der Waals surface area contributed by atoms with E-state index in [4.69, 9.17) is 9.84 Å². The third-order valence-electron chi connectivity index (χ3n) is 2.30. The molecule has 0 bridgehead atoms. The van der Waals surface area contributed by atoms with E-state index < -0.39 is 0 Å². The molecule has 13 heavy (non-hydrogen) atoms. The van der Waals surface area contributed by atoms with Gasteiger partial charge in [0.1, 0.15) is 0 Å². The van der Waals surface area contributed by atoms with Crippen molar-refractivity contribution >= 4 is 0 Å². The fraction of sp³-hybridized carbons (Fsp3) is 1.00. The summed E-state index contributed by atoms with van der Waals surface area (Å²) in [6.45, 7) is 7.98. The Hall–Kier alpha value is -0.160. The summed E-state index contributed by atoms with van der Waals surface area (Å²) >= 11 is 0. The van der Waals surface area contributed by atoms with Crippen LogP contribution in [0.25, 0.3) is 0 Å². The maximum atomic E-state index is 8.78. The van der Waals surface area contributed by atoms with Crippen molar-refractivity contribution in [1.29, 1.82) is 0 Å². The second kappa shape index (κ2) is 6.32. The zero-order valence-corrected chi connectivity index (χ0v) is 8.33. The Balaban J connectivity index is 1.98. The van der Waals surface area contributed by atoms with E-state index in [1.54, 1.807) is 0 Å². The molecule has 4 heteroatoms. The molecule has 1 rings (SSSR count). The van der Waals surface area contributed by atoms with Crippen molar-refractivity contribution in [2.45, 2.75) is 13.0 Å². The molecule has 1 fully saturated rings. The Bertz CT molecular complexity index is 127. The van der Waals surface area contributed by atoms with Crippen molar-refractivity contribution in [3.63, 3.8) is 0 Å². The molecule has 1 heterocycles. The highest BCUT2D eigenvalue weighted by Gasteiger charge is 2.09. The van der Waals surface area contributed by atoms with Gasteiger partial charge in [0, 0.05) is 32.2 Å². The summed E-state index contributed by atoms with van der Waals surface area (Å²) in [4.78, 5) is 2.38. The van der Waals surface area contributed by atoms with Gasteiger partial charge in [0.2, 0.25) is 0 Å². The Morgan fingerprint density at radius 3 is 2.77 bits per heavy atom. The Morgan fingerprint density at radius 1 is 1.46 bits per heavy atom. The summed E-state index contributed by atoms with van der Waals surface area (Å²) in [5.74, 6) is 0. The lowest BCUT2D eigenvalue weighted by molar-refractivity contribution is 0.0379. The molecule has 0 aliphatic carbocycles. The van der Waals surface area contributed by atoms with Gasteiger partial charge >= 0.3 is 0 Å². The van der Waals surface area contributed by atoms with Gasteiger partial charge in [0.15, 0.2) is 0 Å². The lowest BCUT2D eigenvalue weighted by atomic mass is 10.3. The van der Waals surface area contributed by atoms with Gasteiger partial charge in [-0.25, -0.2) is 0 Å². The number of aliphatic hydroxyl groups is 1. The minimum absolute atomic E-state index is 0.209. The summed E-state index contributed by atoms with van der Waals surface area (Å²) in [5, 5.41) is 12.0. The van der Waals surface area contributed by atoms with Gasteiger partial charge in [-0.05, 0) is 6.92 Å². The van der Waals surface area contributed by atoms with Crippen LogP contribution in [0.5, 0.6) is 0 Å². The second-order valence-corrected chi connectivity index (χ2v) is 3.49. The summed E-state index contributed by atoms with van der Waals surface area (Å²) in [6.07, 6.45) is 0. The van der Waals surface area contributed by atoms with Crippen LogP contribution in [0.15, 0.2) is 0 Å². The zero-order valence-electron chi connectivity index (χ0n) is 8.33. The topological polar surface area (TPSA) is 44.7 Å². The SMILES string of the molecule is CC(CO)NCCN1CCOCC1. The van der Waals surface area contributed by atoms with Crippen molar-refractivity contribution in [2.24, 2.45) is 0 Å². The van der Waals surface area contributed by atoms with Gasteiger partial charge in [0.05, 0.1) is 19.8 Å². The molecule has 1 saturated heterocycles. The maximum absolute atomic E-state index is 8.78. The van der Waals surface area contributed by atoms with Crippen LogP contribution in [-0.4, -0.2) is 62.0 Å². The minimum atomic E-state index is 0.209. The molecule has 0 amide bonds. The van der Waals surface area contributed by atoms with E-state index in [2.05, 4.69) is 10.2 Å².